The van der Waals surface area contributed by atoms with Crippen LogP contribution in [0.4, 0.5) is 13.2 Å². The lowest BCUT2D eigenvalue weighted by Gasteiger charge is -2.39. The molecule has 0 spiro atoms. The van der Waals surface area contributed by atoms with Crippen LogP contribution in [0.5, 0.6) is 0 Å². The summed E-state index contributed by atoms with van der Waals surface area (Å²) in [5, 5.41) is 44.8. The van der Waals surface area contributed by atoms with Crippen molar-refractivity contribution in [3.63, 3.8) is 0 Å². The maximum atomic E-state index is 12.7. The maximum Gasteiger partial charge on any atom is 0.416 e. The minimum absolute atomic E-state index is 0.0120. The molecule has 1 aliphatic heterocycles. The van der Waals surface area contributed by atoms with Gasteiger partial charge in [-0.25, -0.2) is 4.98 Å². The summed E-state index contributed by atoms with van der Waals surface area (Å²) in [6.45, 7) is -0.570. The Morgan fingerprint density at radius 3 is 2.35 bits per heavy atom. The first-order chi connectivity index (χ1) is 14.7. The number of aliphatic hydroxyl groups excluding tert-OH is 4. The molecule has 3 heterocycles. The fourth-order valence-electron chi connectivity index (χ4n) is 3.08. The second-order valence-electron chi connectivity index (χ2n) is 6.82. The molecule has 0 saturated carbocycles. The molecule has 0 radical (unpaired) electrons. The molecule has 2 aromatic heterocycles. The van der Waals surface area contributed by atoms with Gasteiger partial charge < -0.3 is 29.7 Å². The van der Waals surface area contributed by atoms with Crippen LogP contribution in [0, 0.1) is 0 Å². The molecule has 5 atom stereocenters. The lowest BCUT2D eigenvalue weighted by Crippen LogP contribution is -2.55. The number of hydrogen-bond donors (Lipinski definition) is 4. The molecule has 9 nitrogen and oxygen atoms in total. The van der Waals surface area contributed by atoms with E-state index in [1.165, 1.54) is 17.5 Å². The van der Waals surface area contributed by atoms with Gasteiger partial charge in [-0.05, 0) is 12.1 Å². The number of benzene rings is 1. The monoisotopic (exact) mass is 459 g/mol. The molecule has 31 heavy (non-hydrogen) atoms. The van der Waals surface area contributed by atoms with Crippen LogP contribution >= 0.6 is 11.3 Å². The van der Waals surface area contributed by atoms with Crippen LogP contribution in [-0.2, 0) is 10.9 Å². The van der Waals surface area contributed by atoms with Crippen molar-refractivity contribution in [2.24, 2.45) is 0 Å². The average molecular weight is 459 g/mol. The Hall–Kier alpha value is -2.42. The smallest absolute Gasteiger partial charge is 0.394 e. The van der Waals surface area contributed by atoms with E-state index in [0.29, 0.717) is 5.56 Å². The van der Waals surface area contributed by atoms with Crippen molar-refractivity contribution in [2.75, 3.05) is 6.61 Å². The van der Waals surface area contributed by atoms with E-state index in [9.17, 15) is 33.6 Å². The third-order valence-electron chi connectivity index (χ3n) is 4.77. The molecule has 0 aliphatic carbocycles. The molecule has 1 fully saturated rings. The Morgan fingerprint density at radius 2 is 1.71 bits per heavy atom. The number of aromatic nitrogens is 3. The van der Waals surface area contributed by atoms with E-state index in [1.807, 2.05) is 0 Å². The van der Waals surface area contributed by atoms with Gasteiger partial charge in [0.1, 0.15) is 41.2 Å². The fraction of sp³-hybridized carbons (Fsp3) is 0.389. The SMILES string of the molecule is OC[C@H]1O[C@@H](c2nc(-c3nc(-c4ccc(C(F)(F)F)cc4)no3)cs2)[C@H](O)[C@@H](O)[C@H]1O. The van der Waals surface area contributed by atoms with E-state index >= 15 is 0 Å². The Morgan fingerprint density at radius 1 is 1.00 bits per heavy atom. The number of ether oxygens (including phenoxy) is 1. The Bertz CT molecular complexity index is 1040. The van der Waals surface area contributed by atoms with E-state index in [4.69, 9.17) is 9.26 Å². The summed E-state index contributed by atoms with van der Waals surface area (Å²) in [5.74, 6) is 0.0492. The van der Waals surface area contributed by atoms with Crippen LogP contribution in [0.3, 0.4) is 0 Å². The van der Waals surface area contributed by atoms with Gasteiger partial charge >= 0.3 is 6.18 Å². The highest BCUT2D eigenvalue weighted by Crippen LogP contribution is 2.36. The minimum Gasteiger partial charge on any atom is -0.394 e. The van der Waals surface area contributed by atoms with Gasteiger partial charge in [0.2, 0.25) is 5.82 Å². The molecular weight excluding hydrogens is 443 g/mol. The van der Waals surface area contributed by atoms with Crippen molar-refractivity contribution in [3.8, 4) is 23.0 Å². The summed E-state index contributed by atoms with van der Waals surface area (Å²) in [6.07, 6.45) is -11.2. The number of nitrogens with zero attached hydrogens (tertiary/aromatic N) is 3. The van der Waals surface area contributed by atoms with E-state index in [2.05, 4.69) is 15.1 Å². The molecule has 13 heteroatoms. The number of alkyl halides is 3. The average Bonchev–Trinajstić information content (AvgIpc) is 3.41. The zero-order valence-corrected chi connectivity index (χ0v) is 16.3. The molecule has 1 aliphatic rings. The first-order valence-electron chi connectivity index (χ1n) is 8.96. The van der Waals surface area contributed by atoms with Gasteiger partial charge in [0.25, 0.3) is 5.89 Å². The Labute approximate surface area is 176 Å². The molecule has 0 amide bonds. The maximum absolute atomic E-state index is 12.7. The number of aliphatic hydroxyl groups is 4. The molecule has 0 unspecified atom stereocenters. The van der Waals surface area contributed by atoms with Crippen molar-refractivity contribution in [3.05, 3.63) is 40.2 Å². The number of rotatable bonds is 4. The van der Waals surface area contributed by atoms with Gasteiger partial charge in [0.15, 0.2) is 0 Å². The highest BCUT2D eigenvalue weighted by molar-refractivity contribution is 7.10. The second kappa shape index (κ2) is 8.26. The van der Waals surface area contributed by atoms with E-state index in [1.54, 1.807) is 0 Å². The van der Waals surface area contributed by atoms with Gasteiger partial charge in [-0.1, -0.05) is 17.3 Å². The first-order valence-corrected chi connectivity index (χ1v) is 9.84. The Balaban J connectivity index is 1.54. The zero-order valence-electron chi connectivity index (χ0n) is 15.5. The summed E-state index contributed by atoms with van der Waals surface area (Å²) in [7, 11) is 0. The quantitative estimate of drug-likeness (QED) is 0.455. The van der Waals surface area contributed by atoms with E-state index in [-0.39, 0.29) is 22.4 Å². The van der Waals surface area contributed by atoms with Gasteiger partial charge in [0.05, 0.1) is 12.2 Å². The minimum atomic E-state index is -4.46. The van der Waals surface area contributed by atoms with Gasteiger partial charge in [0, 0.05) is 10.9 Å². The number of thiazole rings is 1. The predicted molar refractivity (Wildman–Crippen MR) is 98.6 cm³/mol. The molecule has 1 saturated heterocycles. The van der Waals surface area contributed by atoms with Crippen LogP contribution in [0.2, 0.25) is 0 Å². The summed E-state index contributed by atoms with van der Waals surface area (Å²) >= 11 is 1.06. The van der Waals surface area contributed by atoms with Crippen LogP contribution < -0.4 is 0 Å². The lowest BCUT2D eigenvalue weighted by molar-refractivity contribution is -0.231. The van der Waals surface area contributed by atoms with Crippen LogP contribution in [0.15, 0.2) is 34.2 Å². The van der Waals surface area contributed by atoms with Crippen molar-refractivity contribution < 1.29 is 42.9 Å². The topological polar surface area (TPSA) is 142 Å². The summed E-state index contributed by atoms with van der Waals surface area (Å²) in [4.78, 5) is 8.38. The van der Waals surface area contributed by atoms with Gasteiger partial charge in [-0.15, -0.1) is 11.3 Å². The third-order valence-corrected chi connectivity index (χ3v) is 5.68. The molecule has 3 aromatic rings. The molecule has 166 valence electrons. The fourth-order valence-corrected chi connectivity index (χ4v) is 3.94. The molecule has 1 aromatic carbocycles. The molecule has 0 bridgehead atoms. The summed E-state index contributed by atoms with van der Waals surface area (Å²) < 4.78 is 48.7. The number of hydrogen-bond acceptors (Lipinski definition) is 10. The molecule has 4 rings (SSSR count). The van der Waals surface area contributed by atoms with Crippen LogP contribution in [0.25, 0.3) is 23.0 Å². The Kier molecular flexibility index (Phi) is 5.81. The van der Waals surface area contributed by atoms with Crippen LogP contribution in [0.1, 0.15) is 16.7 Å². The van der Waals surface area contributed by atoms with E-state index < -0.39 is 48.9 Å². The molecule has 4 N–H and O–H groups in total. The highest BCUT2D eigenvalue weighted by atomic mass is 32.1. The summed E-state index contributed by atoms with van der Waals surface area (Å²) in [6, 6.07) is 4.26. The standard InChI is InChI=1S/C18H16F3N3O6S/c19-18(20,21)8-3-1-7(2-4-8)15-23-16(30-24-15)9-6-31-17(22-9)14-13(28)12(27)11(26)10(5-25)29-14/h1-4,6,10-14,25-28H,5H2/t10-,11+,12+,13-,14-/m1/s1. The number of halogens is 3. The first kappa shape index (κ1) is 21.8. The van der Waals surface area contributed by atoms with Gasteiger partial charge in [-0.3, -0.25) is 0 Å². The zero-order chi connectivity index (χ0) is 22.3. The van der Waals surface area contributed by atoms with Crippen LogP contribution in [-0.4, -0.2) is 66.6 Å². The van der Waals surface area contributed by atoms with E-state index in [0.717, 1.165) is 23.5 Å². The van der Waals surface area contributed by atoms with Crippen molar-refractivity contribution in [1.29, 1.82) is 0 Å². The normalized spacial score (nSPS) is 26.9. The van der Waals surface area contributed by atoms with Crippen molar-refractivity contribution >= 4 is 11.3 Å². The van der Waals surface area contributed by atoms with Crippen molar-refractivity contribution in [1.82, 2.24) is 15.1 Å². The van der Waals surface area contributed by atoms with Gasteiger partial charge in [-0.2, -0.15) is 18.2 Å². The second-order valence-corrected chi connectivity index (χ2v) is 7.71. The van der Waals surface area contributed by atoms with Crippen molar-refractivity contribution in [2.45, 2.75) is 36.7 Å². The lowest BCUT2D eigenvalue weighted by atomic mass is 9.95. The molecular formula is C18H16F3N3O6S. The largest absolute Gasteiger partial charge is 0.416 e. The third kappa shape index (κ3) is 4.20. The summed E-state index contributed by atoms with van der Waals surface area (Å²) in [5.41, 5.74) is -0.265. The predicted octanol–water partition coefficient (Wildman–Crippen LogP) is 1.39. The highest BCUT2D eigenvalue weighted by Gasteiger charge is 2.45.